The number of hydrogen-bond donors (Lipinski definition) is 0. The number of amides is 2. The van der Waals surface area contributed by atoms with Crippen LogP contribution < -0.4 is 18.1 Å². The number of thiophene rings is 2. The van der Waals surface area contributed by atoms with Gasteiger partial charge in [0, 0.05) is 40.3 Å². The third kappa shape index (κ3) is 7.46. The Bertz CT molecular complexity index is 1700. The van der Waals surface area contributed by atoms with Crippen LogP contribution in [0.3, 0.4) is 0 Å². The number of sulfonamides is 2. The second-order valence-electron chi connectivity index (χ2n) is 10.1. The lowest BCUT2D eigenvalue weighted by molar-refractivity contribution is -0.141. The van der Waals surface area contributed by atoms with Crippen LogP contribution in [-0.2, 0) is 29.6 Å². The zero-order valence-corrected chi connectivity index (χ0v) is 28.3. The Morgan fingerprint density at radius 3 is 1.28 bits per heavy atom. The summed E-state index contributed by atoms with van der Waals surface area (Å²) < 4.78 is 65.1. The summed E-state index contributed by atoms with van der Waals surface area (Å²) in [5.74, 6) is 0.398. The Morgan fingerprint density at radius 2 is 0.978 bits per heavy atom. The van der Waals surface area contributed by atoms with Crippen LogP contribution in [0.15, 0.2) is 92.0 Å². The summed E-state index contributed by atoms with van der Waals surface area (Å²) in [4.78, 5) is 28.7. The van der Waals surface area contributed by atoms with E-state index in [1.807, 2.05) is 0 Å². The summed E-state index contributed by atoms with van der Waals surface area (Å²) in [6.07, 6.45) is 0. The van der Waals surface area contributed by atoms with Crippen LogP contribution >= 0.6 is 22.7 Å². The van der Waals surface area contributed by atoms with Gasteiger partial charge in [-0.3, -0.25) is 18.2 Å². The van der Waals surface area contributed by atoms with Gasteiger partial charge in [-0.1, -0.05) is 12.1 Å². The molecule has 2 aromatic carbocycles. The van der Waals surface area contributed by atoms with Gasteiger partial charge in [0.25, 0.3) is 31.9 Å². The molecule has 1 aliphatic heterocycles. The number of carbonyl (C=O) groups excluding carboxylic acids is 2. The van der Waals surface area contributed by atoms with Crippen LogP contribution in [0.1, 0.15) is 0 Å². The van der Waals surface area contributed by atoms with E-state index in [1.165, 1.54) is 22.7 Å². The van der Waals surface area contributed by atoms with E-state index in [0.29, 0.717) is 49.1 Å². The second-order valence-corrected chi connectivity index (χ2v) is 16.4. The van der Waals surface area contributed by atoms with Gasteiger partial charge >= 0.3 is 0 Å². The molecular weight excluding hydrogens is 673 g/mol. The van der Waals surface area contributed by atoms with E-state index in [9.17, 15) is 26.4 Å². The van der Waals surface area contributed by atoms with Crippen molar-refractivity contribution in [2.75, 3.05) is 62.1 Å². The molecule has 0 spiro atoms. The largest absolute Gasteiger partial charge is 0.484 e. The zero-order valence-electron chi connectivity index (χ0n) is 25.0. The number of carbonyl (C=O) groups is 2. The van der Waals surface area contributed by atoms with Crippen molar-refractivity contribution in [3.05, 3.63) is 83.6 Å². The van der Waals surface area contributed by atoms with E-state index >= 15 is 0 Å². The van der Waals surface area contributed by atoms with E-state index in [4.69, 9.17) is 9.47 Å². The van der Waals surface area contributed by atoms with Gasteiger partial charge in [-0.25, -0.2) is 16.8 Å². The summed E-state index contributed by atoms with van der Waals surface area (Å²) in [7, 11) is -4.35. The third-order valence-corrected chi connectivity index (χ3v) is 13.6. The van der Waals surface area contributed by atoms with E-state index in [-0.39, 0.29) is 33.4 Å². The van der Waals surface area contributed by atoms with Crippen molar-refractivity contribution in [1.82, 2.24) is 9.80 Å². The first-order chi connectivity index (χ1) is 22.0. The minimum Gasteiger partial charge on any atom is -0.484 e. The van der Waals surface area contributed by atoms with E-state index in [2.05, 4.69) is 0 Å². The molecule has 46 heavy (non-hydrogen) atoms. The molecule has 1 saturated heterocycles. The number of benzene rings is 2. The average molecular weight is 705 g/mol. The molecule has 0 bridgehead atoms. The molecule has 0 saturated carbocycles. The number of anilines is 2. The quantitative estimate of drug-likeness (QED) is 0.219. The molecule has 2 aromatic heterocycles. The molecule has 12 nitrogen and oxygen atoms in total. The maximum absolute atomic E-state index is 12.7. The van der Waals surface area contributed by atoms with Crippen molar-refractivity contribution < 1.29 is 35.9 Å². The highest BCUT2D eigenvalue weighted by Gasteiger charge is 2.26. The van der Waals surface area contributed by atoms with E-state index in [1.54, 1.807) is 93.4 Å². The number of nitrogens with zero attached hydrogens (tertiary/aromatic N) is 4. The van der Waals surface area contributed by atoms with Crippen molar-refractivity contribution >= 4 is 65.9 Å². The second kappa shape index (κ2) is 14.1. The standard InChI is InChI=1S/C30H32N4O8S4/c1-31(45(37,38)29-5-3-19-43-29)23-7-11-25(12-8-23)41-21-27(35)33-15-17-34(18-16-33)28(36)22-42-26-13-9-24(10-14-26)32(2)46(39,40)30-6-4-20-44-30/h3-14,19-20H,15-18,21-22H2,1-2H3. The van der Waals surface area contributed by atoms with Gasteiger partial charge in [-0.05, 0) is 71.4 Å². The Labute approximate surface area is 276 Å². The van der Waals surface area contributed by atoms with Crippen LogP contribution in [-0.4, -0.2) is 91.9 Å². The van der Waals surface area contributed by atoms with Crippen LogP contribution in [0.4, 0.5) is 11.4 Å². The maximum atomic E-state index is 12.7. The predicted molar refractivity (Wildman–Crippen MR) is 177 cm³/mol. The molecule has 4 aromatic rings. The van der Waals surface area contributed by atoms with Crippen molar-refractivity contribution in [2.24, 2.45) is 0 Å². The molecule has 0 N–H and O–H groups in total. The van der Waals surface area contributed by atoms with Gasteiger partial charge in [-0.15, -0.1) is 22.7 Å². The van der Waals surface area contributed by atoms with Crippen molar-refractivity contribution in [3.8, 4) is 11.5 Å². The fraction of sp³-hybridized carbons (Fsp3) is 0.267. The molecule has 16 heteroatoms. The van der Waals surface area contributed by atoms with Gasteiger partial charge in [0.15, 0.2) is 13.2 Å². The lowest BCUT2D eigenvalue weighted by Crippen LogP contribution is -2.52. The lowest BCUT2D eigenvalue weighted by atomic mass is 10.3. The van der Waals surface area contributed by atoms with Crippen LogP contribution in [0.5, 0.6) is 11.5 Å². The third-order valence-electron chi connectivity index (χ3n) is 7.33. The molecular formula is C30H32N4O8S4. The zero-order chi connectivity index (χ0) is 32.9. The Hall–Kier alpha value is -4.12. The molecule has 1 aliphatic rings. The molecule has 5 rings (SSSR count). The molecule has 2 amide bonds. The highest BCUT2D eigenvalue weighted by atomic mass is 32.3. The normalized spacial score (nSPS) is 13.7. The maximum Gasteiger partial charge on any atom is 0.273 e. The van der Waals surface area contributed by atoms with Gasteiger partial charge in [0.05, 0.1) is 11.4 Å². The van der Waals surface area contributed by atoms with E-state index < -0.39 is 20.0 Å². The summed E-state index contributed by atoms with van der Waals surface area (Å²) in [6, 6.07) is 19.3. The molecule has 3 heterocycles. The van der Waals surface area contributed by atoms with Gasteiger partial charge in [0.2, 0.25) is 0 Å². The Balaban J connectivity index is 1.04. The molecule has 0 unspecified atom stereocenters. The summed E-state index contributed by atoms with van der Waals surface area (Å²) in [5.41, 5.74) is 0.920. The monoisotopic (exact) mass is 704 g/mol. The van der Waals surface area contributed by atoms with Crippen LogP contribution in [0.2, 0.25) is 0 Å². The smallest absolute Gasteiger partial charge is 0.273 e. The number of rotatable bonds is 12. The minimum absolute atomic E-state index is 0.195. The fourth-order valence-corrected chi connectivity index (χ4v) is 9.26. The summed E-state index contributed by atoms with van der Waals surface area (Å²) in [6.45, 7) is 0.991. The van der Waals surface area contributed by atoms with E-state index in [0.717, 1.165) is 22.7 Å². The molecule has 0 radical (unpaired) electrons. The van der Waals surface area contributed by atoms with Crippen molar-refractivity contribution in [1.29, 1.82) is 0 Å². The Kier molecular flexibility index (Phi) is 10.2. The number of hydrogen-bond acceptors (Lipinski definition) is 10. The molecule has 1 fully saturated rings. The molecule has 0 aliphatic carbocycles. The first-order valence-electron chi connectivity index (χ1n) is 14.0. The predicted octanol–water partition coefficient (Wildman–Crippen LogP) is 3.59. The van der Waals surface area contributed by atoms with Gasteiger partial charge in [-0.2, -0.15) is 0 Å². The lowest BCUT2D eigenvalue weighted by Gasteiger charge is -2.34. The fourth-order valence-electron chi connectivity index (χ4n) is 4.55. The van der Waals surface area contributed by atoms with Crippen molar-refractivity contribution in [3.63, 3.8) is 0 Å². The average Bonchev–Trinajstić information content (AvgIpc) is 3.82. The Morgan fingerprint density at radius 1 is 0.630 bits per heavy atom. The highest BCUT2D eigenvalue weighted by Crippen LogP contribution is 2.28. The topological polar surface area (TPSA) is 134 Å². The summed E-state index contributed by atoms with van der Waals surface area (Å²) in [5, 5.41) is 3.41. The first-order valence-corrected chi connectivity index (χ1v) is 18.7. The van der Waals surface area contributed by atoms with Crippen molar-refractivity contribution in [2.45, 2.75) is 8.42 Å². The number of piperazine rings is 1. The first kappa shape index (κ1) is 33.2. The van der Waals surface area contributed by atoms with Crippen LogP contribution in [0.25, 0.3) is 0 Å². The molecule has 244 valence electrons. The highest BCUT2D eigenvalue weighted by molar-refractivity contribution is 7.95. The van der Waals surface area contributed by atoms with Gasteiger partial charge < -0.3 is 19.3 Å². The minimum atomic E-state index is -3.65. The molecule has 0 atom stereocenters. The van der Waals surface area contributed by atoms with Crippen LogP contribution in [0, 0.1) is 0 Å². The summed E-state index contributed by atoms with van der Waals surface area (Å²) >= 11 is 2.29. The van der Waals surface area contributed by atoms with Gasteiger partial charge in [0.1, 0.15) is 19.9 Å². The SMILES string of the molecule is CN(c1ccc(OCC(=O)N2CCN(C(=O)COc3ccc(N(C)S(=O)(=O)c4cccs4)cc3)CC2)cc1)S(=O)(=O)c1cccs1. The number of ether oxygens (including phenoxy) is 2.